The molecular weight excluding hydrogens is 386 g/mol. The zero-order valence-electron chi connectivity index (χ0n) is 16.9. The van der Waals surface area contributed by atoms with E-state index in [0.29, 0.717) is 22.7 Å². The van der Waals surface area contributed by atoms with Crippen molar-refractivity contribution in [1.82, 2.24) is 23.6 Å². The zero-order valence-corrected chi connectivity index (χ0v) is 17.7. The van der Waals surface area contributed by atoms with Gasteiger partial charge < -0.3 is 0 Å². The summed E-state index contributed by atoms with van der Waals surface area (Å²) < 4.78 is 29.6. The molecule has 5 rings (SSSR count). The van der Waals surface area contributed by atoms with Crippen LogP contribution in [0.4, 0.5) is 0 Å². The molecule has 1 fully saturated rings. The predicted octanol–water partition coefficient (Wildman–Crippen LogP) is 3.77. The van der Waals surface area contributed by atoms with E-state index in [1.54, 1.807) is 42.7 Å². The first-order valence-corrected chi connectivity index (χ1v) is 11.2. The second kappa shape index (κ2) is 5.89. The Kier molecular flexibility index (Phi) is 3.71. The lowest BCUT2D eigenvalue weighted by Crippen LogP contribution is -2.42. The standard InChI is InChI=1S/C21H23N5O2S/c1-13-5-7-15(8-6-13)29(27,28)25-10-9-17-20(25)22-12-18-23-24-19(26(17)18)16-11-14(2)21(16,3)4/h5-10,12,14,16H,11H2,1-4H3/t14?,16-/m1/s1. The number of aryl methyl sites for hydroxylation is 1. The maximum absolute atomic E-state index is 13.2. The minimum atomic E-state index is -3.75. The zero-order chi connectivity index (χ0) is 20.6. The van der Waals surface area contributed by atoms with Crippen LogP contribution < -0.4 is 0 Å². The fraction of sp³-hybridized carbons (Fsp3) is 0.381. The normalized spacial score (nSPS) is 21.5. The second-order valence-electron chi connectivity index (χ2n) is 8.66. The van der Waals surface area contributed by atoms with E-state index in [9.17, 15) is 8.42 Å². The van der Waals surface area contributed by atoms with Gasteiger partial charge in [0.05, 0.1) is 16.6 Å². The minimum Gasteiger partial charge on any atom is -0.274 e. The molecule has 0 N–H and O–H groups in total. The Labute approximate surface area is 169 Å². The van der Waals surface area contributed by atoms with Crippen LogP contribution in [0.3, 0.4) is 0 Å². The third kappa shape index (κ3) is 2.48. The molecule has 3 heterocycles. The average molecular weight is 410 g/mol. The summed E-state index contributed by atoms with van der Waals surface area (Å²) in [5, 5.41) is 8.74. The van der Waals surface area contributed by atoms with Crippen LogP contribution in [0, 0.1) is 18.3 Å². The Bertz CT molecular complexity index is 1350. The lowest BCUT2D eigenvalue weighted by atomic mass is 9.55. The van der Waals surface area contributed by atoms with Gasteiger partial charge in [-0.3, -0.25) is 4.40 Å². The fourth-order valence-electron chi connectivity index (χ4n) is 4.28. The smallest absolute Gasteiger partial charge is 0.269 e. The maximum Gasteiger partial charge on any atom is 0.269 e. The molecule has 0 bridgehead atoms. The Hall–Kier alpha value is -2.74. The molecule has 29 heavy (non-hydrogen) atoms. The maximum atomic E-state index is 13.2. The number of hydrogen-bond acceptors (Lipinski definition) is 5. The number of hydrogen-bond donors (Lipinski definition) is 0. The monoisotopic (exact) mass is 409 g/mol. The minimum absolute atomic E-state index is 0.120. The Morgan fingerprint density at radius 3 is 2.48 bits per heavy atom. The van der Waals surface area contributed by atoms with Gasteiger partial charge in [-0.25, -0.2) is 17.4 Å². The van der Waals surface area contributed by atoms with Crippen molar-refractivity contribution < 1.29 is 8.42 Å². The largest absolute Gasteiger partial charge is 0.274 e. The van der Waals surface area contributed by atoms with Gasteiger partial charge in [-0.2, -0.15) is 0 Å². The van der Waals surface area contributed by atoms with Crippen LogP contribution in [0.5, 0.6) is 0 Å². The number of rotatable bonds is 3. The van der Waals surface area contributed by atoms with Gasteiger partial charge in [-0.1, -0.05) is 38.5 Å². The first-order chi connectivity index (χ1) is 13.7. The van der Waals surface area contributed by atoms with Gasteiger partial charge in [0.1, 0.15) is 5.82 Å². The molecule has 8 heteroatoms. The first kappa shape index (κ1) is 18.3. The van der Waals surface area contributed by atoms with E-state index in [-0.39, 0.29) is 16.2 Å². The molecule has 0 aliphatic heterocycles. The number of fused-ring (bicyclic) bond motifs is 3. The van der Waals surface area contributed by atoms with Crippen molar-refractivity contribution in [2.24, 2.45) is 11.3 Å². The highest BCUT2D eigenvalue weighted by Gasteiger charge is 2.48. The molecule has 7 nitrogen and oxygen atoms in total. The predicted molar refractivity (Wildman–Crippen MR) is 110 cm³/mol. The van der Waals surface area contributed by atoms with Crippen molar-refractivity contribution in [1.29, 1.82) is 0 Å². The summed E-state index contributed by atoms with van der Waals surface area (Å²) in [4.78, 5) is 4.64. The number of nitrogens with zero attached hydrogens (tertiary/aromatic N) is 5. The lowest BCUT2D eigenvalue weighted by Gasteiger charge is -2.49. The quantitative estimate of drug-likeness (QED) is 0.514. The highest BCUT2D eigenvalue weighted by molar-refractivity contribution is 7.90. The molecule has 1 aliphatic carbocycles. The van der Waals surface area contributed by atoms with Crippen molar-refractivity contribution in [2.45, 2.75) is 44.9 Å². The summed E-state index contributed by atoms with van der Waals surface area (Å²) in [5.74, 6) is 1.75. The SMILES string of the molecule is Cc1ccc(S(=O)(=O)n2ccc3c2ncc2nnc([C@H]4CC(C)C4(C)C)n23)cc1. The van der Waals surface area contributed by atoms with Crippen LogP contribution in [0.15, 0.2) is 47.6 Å². The van der Waals surface area contributed by atoms with Gasteiger partial charge in [0, 0.05) is 12.1 Å². The Balaban J connectivity index is 1.70. The van der Waals surface area contributed by atoms with Crippen molar-refractivity contribution in [3.8, 4) is 0 Å². The van der Waals surface area contributed by atoms with E-state index in [1.165, 1.54) is 3.97 Å². The van der Waals surface area contributed by atoms with Crippen LogP contribution in [-0.4, -0.2) is 32.0 Å². The third-order valence-corrected chi connectivity index (χ3v) is 8.39. The Morgan fingerprint density at radius 2 is 1.83 bits per heavy atom. The summed E-state index contributed by atoms with van der Waals surface area (Å²) in [7, 11) is -3.75. The van der Waals surface area contributed by atoms with Crippen LogP contribution in [0.2, 0.25) is 0 Å². The molecule has 1 aromatic carbocycles. The van der Waals surface area contributed by atoms with Crippen molar-refractivity contribution in [2.75, 3.05) is 0 Å². The molecule has 0 amide bonds. The molecule has 2 atom stereocenters. The van der Waals surface area contributed by atoms with E-state index >= 15 is 0 Å². The molecule has 1 saturated carbocycles. The summed E-state index contributed by atoms with van der Waals surface area (Å²) >= 11 is 0. The van der Waals surface area contributed by atoms with E-state index in [1.807, 2.05) is 11.3 Å². The highest BCUT2D eigenvalue weighted by atomic mass is 32.2. The molecule has 1 unspecified atom stereocenters. The molecule has 0 spiro atoms. The van der Waals surface area contributed by atoms with Crippen LogP contribution in [-0.2, 0) is 10.0 Å². The molecular formula is C21H23N5O2S. The molecule has 1 aliphatic rings. The van der Waals surface area contributed by atoms with Crippen molar-refractivity contribution in [3.63, 3.8) is 0 Å². The highest BCUT2D eigenvalue weighted by Crippen LogP contribution is 2.56. The van der Waals surface area contributed by atoms with Gasteiger partial charge in [-0.15, -0.1) is 10.2 Å². The molecule has 0 saturated heterocycles. The van der Waals surface area contributed by atoms with Gasteiger partial charge >= 0.3 is 0 Å². The van der Waals surface area contributed by atoms with Crippen molar-refractivity contribution in [3.05, 3.63) is 54.1 Å². The van der Waals surface area contributed by atoms with Gasteiger partial charge in [-0.05, 0) is 42.9 Å². The lowest BCUT2D eigenvalue weighted by molar-refractivity contribution is 0.0423. The van der Waals surface area contributed by atoms with E-state index in [4.69, 9.17) is 0 Å². The summed E-state index contributed by atoms with van der Waals surface area (Å²) in [6, 6.07) is 8.61. The van der Waals surface area contributed by atoms with E-state index in [2.05, 4.69) is 36.0 Å². The van der Waals surface area contributed by atoms with Gasteiger partial charge in [0.15, 0.2) is 11.3 Å². The topological polar surface area (TPSA) is 82.1 Å². The van der Waals surface area contributed by atoms with Crippen molar-refractivity contribution >= 4 is 26.8 Å². The number of benzene rings is 1. The molecule has 150 valence electrons. The molecule has 4 aromatic rings. The second-order valence-corrected chi connectivity index (χ2v) is 10.5. The van der Waals surface area contributed by atoms with Crippen LogP contribution in [0.25, 0.3) is 16.8 Å². The summed E-state index contributed by atoms with van der Waals surface area (Å²) in [6.45, 7) is 8.67. The average Bonchev–Trinajstić information content (AvgIpc) is 3.30. The van der Waals surface area contributed by atoms with E-state index in [0.717, 1.165) is 17.8 Å². The van der Waals surface area contributed by atoms with E-state index < -0.39 is 10.0 Å². The first-order valence-electron chi connectivity index (χ1n) is 9.74. The third-order valence-electron chi connectivity index (χ3n) is 6.71. The molecule has 0 radical (unpaired) electrons. The Morgan fingerprint density at radius 1 is 1.10 bits per heavy atom. The van der Waals surface area contributed by atoms with Crippen LogP contribution in [0.1, 0.15) is 44.5 Å². The number of aromatic nitrogens is 5. The van der Waals surface area contributed by atoms with Gasteiger partial charge in [0.25, 0.3) is 10.0 Å². The summed E-state index contributed by atoms with van der Waals surface area (Å²) in [6.07, 6.45) is 4.19. The van der Waals surface area contributed by atoms with Crippen LogP contribution >= 0.6 is 0 Å². The summed E-state index contributed by atoms with van der Waals surface area (Å²) in [5.41, 5.74) is 2.84. The fourth-order valence-corrected chi connectivity index (χ4v) is 5.57. The van der Waals surface area contributed by atoms with Gasteiger partial charge in [0.2, 0.25) is 0 Å². The molecule has 3 aromatic heterocycles.